The molecule has 0 aliphatic heterocycles. The van der Waals surface area contributed by atoms with Gasteiger partial charge in [-0.25, -0.2) is 12.8 Å². The van der Waals surface area contributed by atoms with E-state index in [0.717, 1.165) is 28.6 Å². The van der Waals surface area contributed by atoms with Crippen LogP contribution in [0.2, 0.25) is 0 Å². The first-order valence-corrected chi connectivity index (χ1v) is 7.29. The molecule has 0 bridgehead atoms. The van der Waals surface area contributed by atoms with Crippen LogP contribution in [0, 0.1) is 5.82 Å². The molecule has 1 aromatic carbocycles. The smallest absolute Gasteiger partial charge is 0.243 e. The molecule has 0 unspecified atom stereocenters. The number of halogens is 1. The van der Waals surface area contributed by atoms with Gasteiger partial charge in [0.1, 0.15) is 5.82 Å². The minimum atomic E-state index is -3.81. The summed E-state index contributed by atoms with van der Waals surface area (Å²) in [5.41, 5.74) is 0. The summed E-state index contributed by atoms with van der Waals surface area (Å²) in [6.45, 7) is 0.337. The predicted molar refractivity (Wildman–Crippen MR) is 71.1 cm³/mol. The summed E-state index contributed by atoms with van der Waals surface area (Å²) < 4.78 is 42.7. The standard InChI is InChI=1S/C12H17FN2O4S/c1-15(9-12(16)14-7-8-19-2)20(17,18)11-5-3-10(13)4-6-11/h3-6H,7-9H2,1-2H3,(H,14,16). The first kappa shape index (κ1) is 16.5. The van der Waals surface area contributed by atoms with Crippen molar-refractivity contribution in [1.29, 1.82) is 0 Å². The fourth-order valence-electron chi connectivity index (χ4n) is 1.42. The summed E-state index contributed by atoms with van der Waals surface area (Å²) >= 11 is 0. The van der Waals surface area contributed by atoms with Crippen LogP contribution in [0.5, 0.6) is 0 Å². The summed E-state index contributed by atoms with van der Waals surface area (Å²) in [6.07, 6.45) is 0. The van der Waals surface area contributed by atoms with Crippen molar-refractivity contribution in [3.05, 3.63) is 30.1 Å². The van der Waals surface area contributed by atoms with Crippen molar-refractivity contribution in [3.63, 3.8) is 0 Å². The quantitative estimate of drug-likeness (QED) is 0.731. The largest absolute Gasteiger partial charge is 0.383 e. The van der Waals surface area contributed by atoms with Gasteiger partial charge in [0.25, 0.3) is 0 Å². The molecule has 0 saturated carbocycles. The second-order valence-corrected chi connectivity index (χ2v) is 6.10. The van der Waals surface area contributed by atoms with E-state index in [1.54, 1.807) is 0 Å². The van der Waals surface area contributed by atoms with Gasteiger partial charge in [-0.3, -0.25) is 4.79 Å². The van der Waals surface area contributed by atoms with Gasteiger partial charge >= 0.3 is 0 Å². The van der Waals surface area contributed by atoms with Crippen LogP contribution in [-0.4, -0.2) is 52.5 Å². The molecule has 1 rings (SSSR count). The number of hydrogen-bond donors (Lipinski definition) is 1. The normalized spacial score (nSPS) is 11.6. The lowest BCUT2D eigenvalue weighted by atomic mass is 10.4. The monoisotopic (exact) mass is 304 g/mol. The number of methoxy groups -OCH3 is 1. The van der Waals surface area contributed by atoms with Gasteiger partial charge in [0.05, 0.1) is 18.0 Å². The number of ether oxygens (including phenoxy) is 1. The number of likely N-dealkylation sites (N-methyl/N-ethyl adjacent to an activating group) is 1. The van der Waals surface area contributed by atoms with E-state index in [9.17, 15) is 17.6 Å². The number of nitrogens with one attached hydrogen (secondary N) is 1. The van der Waals surface area contributed by atoms with E-state index >= 15 is 0 Å². The van der Waals surface area contributed by atoms with Gasteiger partial charge in [0.2, 0.25) is 15.9 Å². The number of hydrogen-bond acceptors (Lipinski definition) is 4. The molecule has 0 fully saturated rings. The van der Waals surface area contributed by atoms with E-state index in [1.807, 2.05) is 0 Å². The fourth-order valence-corrected chi connectivity index (χ4v) is 2.55. The van der Waals surface area contributed by atoms with Gasteiger partial charge in [0, 0.05) is 20.7 Å². The van der Waals surface area contributed by atoms with Gasteiger partial charge < -0.3 is 10.1 Å². The molecule has 0 atom stereocenters. The van der Waals surface area contributed by atoms with E-state index in [4.69, 9.17) is 4.74 Å². The number of carbonyl (C=O) groups is 1. The molecule has 6 nitrogen and oxygen atoms in total. The minimum absolute atomic E-state index is 0.0638. The highest BCUT2D eigenvalue weighted by atomic mass is 32.2. The Bertz CT molecular complexity index is 545. The van der Waals surface area contributed by atoms with E-state index in [-0.39, 0.29) is 11.4 Å². The van der Waals surface area contributed by atoms with Crippen LogP contribution < -0.4 is 5.32 Å². The maximum absolute atomic E-state index is 12.8. The average Bonchev–Trinajstić information content (AvgIpc) is 2.39. The van der Waals surface area contributed by atoms with Crippen LogP contribution in [-0.2, 0) is 19.6 Å². The molecule has 1 aromatic rings. The van der Waals surface area contributed by atoms with Crippen molar-refractivity contribution in [1.82, 2.24) is 9.62 Å². The average molecular weight is 304 g/mol. The van der Waals surface area contributed by atoms with Crippen molar-refractivity contribution in [2.45, 2.75) is 4.90 Å². The molecule has 1 N–H and O–H groups in total. The van der Waals surface area contributed by atoms with Gasteiger partial charge in [-0.1, -0.05) is 0 Å². The number of rotatable bonds is 7. The van der Waals surface area contributed by atoms with Crippen molar-refractivity contribution < 1.29 is 22.3 Å². The highest BCUT2D eigenvalue weighted by molar-refractivity contribution is 7.89. The Balaban J connectivity index is 2.68. The van der Waals surface area contributed by atoms with Crippen LogP contribution >= 0.6 is 0 Å². The number of benzene rings is 1. The van der Waals surface area contributed by atoms with Gasteiger partial charge in [-0.2, -0.15) is 4.31 Å². The van der Waals surface area contributed by atoms with Crippen LogP contribution in [0.1, 0.15) is 0 Å². The molecule has 0 heterocycles. The third kappa shape index (κ3) is 4.55. The lowest BCUT2D eigenvalue weighted by molar-refractivity contribution is -0.121. The topological polar surface area (TPSA) is 75.7 Å². The Labute approximate surface area is 117 Å². The maximum atomic E-state index is 12.8. The fraction of sp³-hybridized carbons (Fsp3) is 0.417. The van der Waals surface area contributed by atoms with Gasteiger partial charge in [-0.15, -0.1) is 0 Å². The first-order valence-electron chi connectivity index (χ1n) is 5.85. The van der Waals surface area contributed by atoms with Crippen molar-refractivity contribution in [2.75, 3.05) is 33.9 Å². The van der Waals surface area contributed by atoms with E-state index in [2.05, 4.69) is 5.32 Å². The lowest BCUT2D eigenvalue weighted by Gasteiger charge is -2.16. The highest BCUT2D eigenvalue weighted by Gasteiger charge is 2.22. The second-order valence-electron chi connectivity index (χ2n) is 4.06. The molecule has 20 heavy (non-hydrogen) atoms. The number of nitrogens with zero attached hydrogens (tertiary/aromatic N) is 1. The summed E-state index contributed by atoms with van der Waals surface area (Å²) in [5, 5.41) is 2.52. The molecular formula is C12H17FN2O4S. The summed E-state index contributed by atoms with van der Waals surface area (Å²) in [5.74, 6) is -0.959. The second kappa shape index (κ2) is 7.32. The van der Waals surface area contributed by atoms with E-state index in [0.29, 0.717) is 13.2 Å². The lowest BCUT2D eigenvalue weighted by Crippen LogP contribution is -2.39. The molecule has 112 valence electrons. The maximum Gasteiger partial charge on any atom is 0.243 e. The molecule has 0 aromatic heterocycles. The van der Waals surface area contributed by atoms with Crippen LogP contribution in [0.4, 0.5) is 4.39 Å². The van der Waals surface area contributed by atoms with Crippen molar-refractivity contribution >= 4 is 15.9 Å². The van der Waals surface area contributed by atoms with Crippen LogP contribution in [0.3, 0.4) is 0 Å². The van der Waals surface area contributed by atoms with Gasteiger partial charge in [-0.05, 0) is 24.3 Å². The Morgan fingerprint density at radius 2 is 1.95 bits per heavy atom. The van der Waals surface area contributed by atoms with Crippen LogP contribution in [0.15, 0.2) is 29.2 Å². The Hall–Kier alpha value is -1.51. The minimum Gasteiger partial charge on any atom is -0.383 e. The SMILES string of the molecule is COCCNC(=O)CN(C)S(=O)(=O)c1ccc(F)cc1. The third-order valence-corrected chi connectivity index (χ3v) is 4.33. The molecule has 0 radical (unpaired) electrons. The third-order valence-electron chi connectivity index (χ3n) is 2.52. The number of carbonyl (C=O) groups excluding carboxylic acids is 1. The molecule has 0 aliphatic carbocycles. The molecule has 0 spiro atoms. The number of sulfonamides is 1. The Morgan fingerprint density at radius 1 is 1.35 bits per heavy atom. The Kier molecular flexibility index (Phi) is 6.05. The Morgan fingerprint density at radius 3 is 2.50 bits per heavy atom. The predicted octanol–water partition coefficient (Wildman–Crippen LogP) is 0.209. The summed E-state index contributed by atoms with van der Waals surface area (Å²) in [6, 6.07) is 4.42. The molecule has 1 amide bonds. The summed E-state index contributed by atoms with van der Waals surface area (Å²) in [7, 11) is -1.02. The molecule has 0 saturated heterocycles. The molecule has 0 aliphatic rings. The molecular weight excluding hydrogens is 287 g/mol. The zero-order valence-electron chi connectivity index (χ0n) is 11.3. The zero-order valence-corrected chi connectivity index (χ0v) is 12.1. The summed E-state index contributed by atoms with van der Waals surface area (Å²) in [4.78, 5) is 11.5. The molecule has 8 heteroatoms. The highest BCUT2D eigenvalue weighted by Crippen LogP contribution is 2.14. The van der Waals surface area contributed by atoms with Crippen molar-refractivity contribution in [2.24, 2.45) is 0 Å². The van der Waals surface area contributed by atoms with Crippen molar-refractivity contribution in [3.8, 4) is 0 Å². The van der Waals surface area contributed by atoms with E-state index < -0.39 is 21.7 Å². The van der Waals surface area contributed by atoms with Gasteiger partial charge in [0.15, 0.2) is 0 Å². The van der Waals surface area contributed by atoms with Crippen LogP contribution in [0.25, 0.3) is 0 Å². The van der Waals surface area contributed by atoms with E-state index in [1.165, 1.54) is 14.2 Å². The number of amides is 1. The zero-order chi connectivity index (χ0) is 15.2. The first-order chi connectivity index (χ1) is 9.37.